The van der Waals surface area contributed by atoms with Crippen molar-refractivity contribution in [2.45, 2.75) is 71.8 Å². The van der Waals surface area contributed by atoms with Gasteiger partial charge >= 0.3 is 76.2 Å². The van der Waals surface area contributed by atoms with E-state index in [0.717, 1.165) is 30.0 Å². The van der Waals surface area contributed by atoms with E-state index in [1.807, 2.05) is 106 Å². The molecule has 1 saturated heterocycles. The molecule has 0 amide bonds. The molecule has 0 atom stereocenters. The summed E-state index contributed by atoms with van der Waals surface area (Å²) in [6, 6.07) is 26.2. The molecule has 6 aromatic rings. The van der Waals surface area contributed by atoms with Crippen LogP contribution in [-0.4, -0.2) is 46.3 Å². The van der Waals surface area contributed by atoms with Crippen LogP contribution < -0.4 is 11.4 Å². The number of hydrogen-bond acceptors (Lipinski definition) is 7. The monoisotopic (exact) mass is 1620 g/mol. The van der Waals surface area contributed by atoms with Gasteiger partial charge in [-0.15, -0.1) is 0 Å². The van der Waals surface area contributed by atoms with E-state index in [0.29, 0.717) is 45.1 Å². The zero-order chi connectivity index (χ0) is 48.0. The minimum absolute atomic E-state index is 0. The third kappa shape index (κ3) is 22.1. The number of nitrogens with one attached hydrogen (secondary N) is 1. The van der Waals surface area contributed by atoms with Crippen LogP contribution in [0.4, 0.5) is 0 Å². The Morgan fingerprint density at radius 3 is 1.49 bits per heavy atom. The van der Waals surface area contributed by atoms with Gasteiger partial charge in [0.2, 0.25) is 0 Å². The van der Waals surface area contributed by atoms with Gasteiger partial charge in [0.15, 0.2) is 0 Å². The van der Waals surface area contributed by atoms with Crippen molar-refractivity contribution in [1.29, 1.82) is 10.5 Å². The molecule has 1 aliphatic heterocycles. The first-order valence-electron chi connectivity index (χ1n) is 19.5. The molecule has 7 rings (SSSR count). The molecule has 5 heterocycles. The SMILES string of the molecule is C1CCOC1.CC(C)(C#N)c1ccc(-n2c(-c3cc(Cl)ccn3)c[nH]c2=O)cc1.CCI.CCn1cc(-c2cc(Cl)ccn2)n(-c2ccc(C(C)(C)C#N)cc2)c1=O.[CH2-]I.[CH3-].[I][V]([I])[I].[V].[V]. The second-order valence-corrected chi connectivity index (χ2v) is 52.1. The van der Waals surface area contributed by atoms with Crippen LogP contribution in [0.3, 0.4) is 0 Å². The largest absolute Gasteiger partial charge is 0 e. The Balaban J connectivity index is 0. The van der Waals surface area contributed by atoms with Crippen LogP contribution in [0.25, 0.3) is 34.2 Å². The number of nitriles is 2. The summed E-state index contributed by atoms with van der Waals surface area (Å²) in [5, 5.41) is 19.6. The summed E-state index contributed by atoms with van der Waals surface area (Å²) in [6.45, 7) is 14.0. The van der Waals surface area contributed by atoms with E-state index in [1.165, 1.54) is 21.8 Å². The summed E-state index contributed by atoms with van der Waals surface area (Å²) in [5.41, 5.74) is 4.14. The van der Waals surface area contributed by atoms with Gasteiger partial charge in [-0.05, 0) is 112 Å². The number of imidazole rings is 2. The standard InChI is InChI=1S/C20H19ClN4O.C18H15ClN4O.C4H8O.C2H5I.CH2I.CH3.3HI.3V/c1-4-24-12-18(17-11-15(21)9-10-23-17)25(19(24)26)16-7-5-14(6-8-16)20(2,3)13-22;1-18(2,11-20)12-3-5-14(6-4-12)23-16(10-22-17(23)24)15-9-13(19)7-8-21-15;1-2-4-5-3-1;1-2-3;1-2;;;;;;;/h5-12H,4H2,1-3H3;3-10H,1-2H3,(H,22,24);1-4H2;2H2,1H3;1H2;1H3;3*1H;;;/q;;;;2*-1;;;;;;+3/p-3. The van der Waals surface area contributed by atoms with Crippen molar-refractivity contribution < 1.29 is 46.8 Å². The second-order valence-electron chi connectivity index (χ2n) is 14.3. The molecule has 0 bridgehead atoms. The van der Waals surface area contributed by atoms with Crippen molar-refractivity contribution in [3.05, 3.63) is 152 Å². The predicted molar refractivity (Wildman–Crippen MR) is 308 cm³/mol. The Labute approximate surface area is 494 Å². The number of ether oxygens (including phenoxy) is 1. The van der Waals surface area contributed by atoms with Gasteiger partial charge in [0.1, 0.15) is 0 Å². The summed E-state index contributed by atoms with van der Waals surface area (Å²) >= 11 is 23.7. The first-order valence-corrected chi connectivity index (χ1v) is 36.9. The molecule has 1 aliphatic rings. The molecule has 11 nitrogen and oxygen atoms in total. The molecule has 4 aromatic heterocycles. The maximum atomic E-state index is 12.8. The maximum absolute atomic E-state index is 12.8. The van der Waals surface area contributed by atoms with Crippen LogP contribution in [-0.2, 0) is 64.1 Å². The van der Waals surface area contributed by atoms with Crippen LogP contribution in [0.2, 0.25) is 10.0 Å². The Bertz CT molecular complexity index is 2540. The second kappa shape index (κ2) is 35.7. The first kappa shape index (κ1) is 68.8. The van der Waals surface area contributed by atoms with Crippen molar-refractivity contribution in [2.75, 3.05) is 17.6 Å². The molecular weight excluding hydrogens is 1570 g/mol. The number of aromatic nitrogens is 6. The number of hydrogen-bond donors (Lipinski definition) is 1. The van der Waals surface area contributed by atoms with Gasteiger partial charge in [-0.1, -0.05) is 77.0 Å². The van der Waals surface area contributed by atoms with Crippen LogP contribution in [0.15, 0.2) is 107 Å². The number of aromatic amines is 1. The van der Waals surface area contributed by atoms with Crippen LogP contribution >= 0.6 is 128 Å². The van der Waals surface area contributed by atoms with Crippen molar-refractivity contribution in [2.24, 2.45) is 0 Å². The Hall–Kier alpha value is -0.317. The van der Waals surface area contributed by atoms with Crippen LogP contribution in [0.5, 0.6) is 0 Å². The minimum Gasteiger partial charge on any atom is 0 e. The van der Waals surface area contributed by atoms with Gasteiger partial charge in [0.05, 0.1) is 57.1 Å². The predicted octanol–water partition coefficient (Wildman–Crippen LogP) is 14.4. The third-order valence-corrected chi connectivity index (χ3v) is 9.59. The summed E-state index contributed by atoms with van der Waals surface area (Å²) in [4.78, 5) is 39.3. The zero-order valence-electron chi connectivity index (χ0n) is 38.0. The van der Waals surface area contributed by atoms with Crippen molar-refractivity contribution in [1.82, 2.24) is 28.7 Å². The number of pyridine rings is 2. The molecule has 67 heavy (non-hydrogen) atoms. The van der Waals surface area contributed by atoms with Gasteiger partial charge in [-0.2, -0.15) is 10.5 Å². The van der Waals surface area contributed by atoms with E-state index < -0.39 is 10.8 Å². The number of rotatable bonds is 7. The first-order chi connectivity index (χ1) is 30.4. The van der Waals surface area contributed by atoms with E-state index in [2.05, 4.69) is 121 Å². The van der Waals surface area contributed by atoms with Gasteiger partial charge in [-0.25, -0.2) is 9.59 Å². The van der Waals surface area contributed by atoms with Gasteiger partial charge in [0, 0.05) is 91.7 Å². The summed E-state index contributed by atoms with van der Waals surface area (Å²) in [5.74, 6) is 0. The van der Waals surface area contributed by atoms with E-state index in [4.69, 9.17) is 27.9 Å². The molecular formula is C46H52Cl2I5N8O3V3-2. The topological polar surface area (TPSA) is 147 Å². The quantitative estimate of drug-likeness (QED) is 0.0951. The van der Waals surface area contributed by atoms with Gasteiger partial charge in [-0.3, -0.25) is 28.6 Å². The number of halogens is 7. The van der Waals surface area contributed by atoms with Crippen molar-refractivity contribution >= 4 is 128 Å². The number of benzene rings is 2. The maximum Gasteiger partial charge on any atom is 0 e. The average Bonchev–Trinajstić information content (AvgIpc) is 4.07. The van der Waals surface area contributed by atoms with E-state index in [1.54, 1.807) is 58.2 Å². The molecule has 0 unspecified atom stereocenters. The van der Waals surface area contributed by atoms with Gasteiger partial charge < -0.3 is 39.7 Å². The van der Waals surface area contributed by atoms with Crippen LogP contribution in [0, 0.1) is 35.0 Å². The smallest absolute Gasteiger partial charge is 0 e. The fourth-order valence-electron chi connectivity index (χ4n) is 5.75. The van der Waals surface area contributed by atoms with E-state index >= 15 is 0 Å². The summed E-state index contributed by atoms with van der Waals surface area (Å²) in [7, 11) is 0. The molecule has 0 spiro atoms. The molecule has 0 aliphatic carbocycles. The Morgan fingerprint density at radius 2 is 1.15 bits per heavy atom. The normalized spacial score (nSPS) is 11.1. The van der Waals surface area contributed by atoms with Crippen molar-refractivity contribution in [3.63, 3.8) is 0 Å². The molecule has 1 N–H and O–H groups in total. The third-order valence-electron chi connectivity index (χ3n) is 9.12. The van der Waals surface area contributed by atoms with Crippen LogP contribution in [0.1, 0.15) is 65.5 Å². The minimum atomic E-state index is -0.587. The fourth-order valence-corrected chi connectivity index (χ4v) is 6.07. The fraction of sp³-hybridized carbons (Fsp3) is 0.304. The molecule has 0 saturated carbocycles. The van der Waals surface area contributed by atoms with E-state index in [-0.39, 0.29) is 60.8 Å². The molecule has 21 heteroatoms. The average molecular weight is 1620 g/mol. The number of alkyl halides is 1. The van der Waals surface area contributed by atoms with Crippen molar-refractivity contribution in [3.8, 4) is 46.3 Å². The van der Waals surface area contributed by atoms with E-state index in [9.17, 15) is 20.1 Å². The molecule has 1 fully saturated rings. The van der Waals surface area contributed by atoms with Gasteiger partial charge in [0.25, 0.3) is 0 Å². The Morgan fingerprint density at radius 1 is 0.761 bits per heavy atom. The molecule has 360 valence electrons. The zero-order valence-corrected chi connectivity index (χ0v) is 54.5. The summed E-state index contributed by atoms with van der Waals surface area (Å²) in [6.07, 6.45) is 9.16. The summed E-state index contributed by atoms with van der Waals surface area (Å²) < 4.78 is 10.9. The number of nitrogens with zero attached hydrogens (tertiary/aromatic N) is 7. The molecule has 2 aromatic carbocycles. The number of aryl methyl sites for hydroxylation is 1. The molecule has 2 radical (unpaired) electrons. The Kier molecular flexibility index (Phi) is 36.7. The number of H-pyrrole nitrogens is 1.